The Kier molecular flexibility index (Phi) is 6.21. The molecule has 0 saturated carbocycles. The van der Waals surface area contributed by atoms with Crippen LogP contribution in [0.1, 0.15) is 12.0 Å². The van der Waals surface area contributed by atoms with Crippen molar-refractivity contribution in [3.05, 3.63) is 29.8 Å². The number of hydrogen-bond donors (Lipinski definition) is 1. The van der Waals surface area contributed by atoms with E-state index < -0.39 is 0 Å². The van der Waals surface area contributed by atoms with Gasteiger partial charge in [0.2, 0.25) is 0 Å². The number of nitrogens with one attached hydrogen (secondary N) is 1. The van der Waals surface area contributed by atoms with Crippen LogP contribution in [0.15, 0.2) is 24.3 Å². The van der Waals surface area contributed by atoms with Gasteiger partial charge in [-0.1, -0.05) is 12.1 Å². The molecule has 0 radical (unpaired) electrons. The molecule has 0 spiro atoms. The quantitative estimate of drug-likeness (QED) is 0.571. The molecule has 2 nitrogen and oxygen atoms in total. The van der Waals surface area contributed by atoms with Crippen LogP contribution in [0.25, 0.3) is 0 Å². The van der Waals surface area contributed by atoms with Crippen LogP contribution in [-0.2, 0) is 6.42 Å². The Balaban J connectivity index is 2.24. The number of methoxy groups -OCH3 is 1. The molecule has 0 aliphatic heterocycles. The van der Waals surface area contributed by atoms with Gasteiger partial charge in [-0.3, -0.25) is 0 Å². The second-order valence-corrected chi connectivity index (χ2v) is 3.77. The van der Waals surface area contributed by atoms with Crippen LogP contribution >= 0.6 is 11.6 Å². The average Bonchev–Trinajstić information content (AvgIpc) is 2.29. The van der Waals surface area contributed by atoms with Crippen molar-refractivity contribution in [3.63, 3.8) is 0 Å². The maximum atomic E-state index is 5.58. The molecule has 0 bridgehead atoms. The molecule has 0 amide bonds. The van der Waals surface area contributed by atoms with Gasteiger partial charge in [0.15, 0.2) is 0 Å². The Morgan fingerprint density at radius 2 is 2.20 bits per heavy atom. The topological polar surface area (TPSA) is 21.3 Å². The van der Waals surface area contributed by atoms with Crippen LogP contribution in [0.3, 0.4) is 0 Å². The highest BCUT2D eigenvalue weighted by atomic mass is 35.5. The van der Waals surface area contributed by atoms with Crippen molar-refractivity contribution in [2.24, 2.45) is 0 Å². The minimum atomic E-state index is 0.728. The minimum Gasteiger partial charge on any atom is -0.497 e. The van der Waals surface area contributed by atoms with Crippen LogP contribution in [0, 0.1) is 0 Å². The van der Waals surface area contributed by atoms with E-state index in [2.05, 4.69) is 17.4 Å². The van der Waals surface area contributed by atoms with Gasteiger partial charge in [-0.05, 0) is 43.6 Å². The largest absolute Gasteiger partial charge is 0.497 e. The maximum absolute atomic E-state index is 5.58. The Hall–Kier alpha value is -0.730. The lowest BCUT2D eigenvalue weighted by Gasteiger charge is -2.05. The second-order valence-electron chi connectivity index (χ2n) is 3.39. The summed E-state index contributed by atoms with van der Waals surface area (Å²) in [6, 6.07) is 8.17. The van der Waals surface area contributed by atoms with Crippen molar-refractivity contribution in [1.82, 2.24) is 5.32 Å². The van der Waals surface area contributed by atoms with Crippen LogP contribution < -0.4 is 10.1 Å². The third kappa shape index (κ3) is 5.05. The maximum Gasteiger partial charge on any atom is 0.119 e. The lowest BCUT2D eigenvalue weighted by molar-refractivity contribution is 0.414. The molecule has 0 atom stereocenters. The predicted octanol–water partition coefficient (Wildman–Crippen LogP) is 2.46. The molecule has 0 aromatic heterocycles. The lowest BCUT2D eigenvalue weighted by Crippen LogP contribution is -2.18. The van der Waals surface area contributed by atoms with Gasteiger partial charge in [0.25, 0.3) is 0 Å². The molecule has 1 aromatic carbocycles. The van der Waals surface area contributed by atoms with Gasteiger partial charge in [0.1, 0.15) is 5.75 Å². The summed E-state index contributed by atoms with van der Waals surface area (Å²) in [6.45, 7) is 1.98. The van der Waals surface area contributed by atoms with Gasteiger partial charge >= 0.3 is 0 Å². The summed E-state index contributed by atoms with van der Waals surface area (Å²) >= 11 is 5.58. The molecule has 84 valence electrons. The summed E-state index contributed by atoms with van der Waals surface area (Å²) in [6.07, 6.45) is 2.05. The number of ether oxygens (including phenoxy) is 1. The van der Waals surface area contributed by atoms with Crippen LogP contribution in [0.5, 0.6) is 5.75 Å². The van der Waals surface area contributed by atoms with E-state index in [9.17, 15) is 0 Å². The average molecular weight is 228 g/mol. The van der Waals surface area contributed by atoms with Crippen molar-refractivity contribution in [2.45, 2.75) is 12.8 Å². The van der Waals surface area contributed by atoms with Crippen LogP contribution in [0.2, 0.25) is 0 Å². The van der Waals surface area contributed by atoms with Crippen molar-refractivity contribution in [1.29, 1.82) is 0 Å². The molecular weight excluding hydrogens is 210 g/mol. The highest BCUT2D eigenvalue weighted by Gasteiger charge is 1.95. The third-order valence-corrected chi connectivity index (χ3v) is 2.48. The minimum absolute atomic E-state index is 0.728. The van der Waals surface area contributed by atoms with Gasteiger partial charge in [-0.25, -0.2) is 0 Å². The Morgan fingerprint density at radius 3 is 2.93 bits per heavy atom. The Morgan fingerprint density at radius 1 is 1.33 bits per heavy atom. The fraction of sp³-hybridized carbons (Fsp3) is 0.500. The Labute approximate surface area is 96.6 Å². The van der Waals surface area contributed by atoms with E-state index in [1.54, 1.807) is 7.11 Å². The van der Waals surface area contributed by atoms with Gasteiger partial charge < -0.3 is 10.1 Å². The van der Waals surface area contributed by atoms with Crippen molar-refractivity contribution in [3.8, 4) is 5.75 Å². The standard InChI is InChI=1S/C12H18ClNO/c1-15-12-5-2-4-11(10-12)6-9-14-8-3-7-13/h2,4-5,10,14H,3,6-9H2,1H3. The fourth-order valence-electron chi connectivity index (χ4n) is 1.38. The fourth-order valence-corrected chi connectivity index (χ4v) is 1.51. The van der Waals surface area contributed by atoms with E-state index in [0.29, 0.717) is 0 Å². The van der Waals surface area contributed by atoms with Crippen molar-refractivity contribution < 1.29 is 4.74 Å². The molecule has 0 aliphatic carbocycles. The van der Waals surface area contributed by atoms with Gasteiger partial charge in [0.05, 0.1) is 7.11 Å². The first kappa shape index (κ1) is 12.3. The summed E-state index contributed by atoms with van der Waals surface area (Å²) in [7, 11) is 1.69. The number of rotatable bonds is 7. The van der Waals surface area contributed by atoms with Gasteiger partial charge in [0, 0.05) is 5.88 Å². The van der Waals surface area contributed by atoms with Crippen LogP contribution in [-0.4, -0.2) is 26.1 Å². The molecule has 3 heteroatoms. The molecule has 1 N–H and O–H groups in total. The van der Waals surface area contributed by atoms with E-state index in [-0.39, 0.29) is 0 Å². The second kappa shape index (κ2) is 7.55. The summed E-state index contributed by atoms with van der Waals surface area (Å²) in [5.41, 5.74) is 1.30. The van der Waals surface area contributed by atoms with E-state index in [1.807, 2.05) is 12.1 Å². The number of hydrogen-bond acceptors (Lipinski definition) is 2. The van der Waals surface area contributed by atoms with Gasteiger partial charge in [-0.15, -0.1) is 11.6 Å². The highest BCUT2D eigenvalue weighted by molar-refractivity contribution is 6.17. The zero-order chi connectivity index (χ0) is 10.9. The van der Waals surface area contributed by atoms with Crippen molar-refractivity contribution >= 4 is 11.6 Å². The molecule has 1 rings (SSSR count). The molecule has 0 saturated heterocycles. The van der Waals surface area contributed by atoms with Gasteiger partial charge in [-0.2, -0.15) is 0 Å². The lowest BCUT2D eigenvalue weighted by atomic mass is 10.1. The number of alkyl halides is 1. The van der Waals surface area contributed by atoms with Crippen LogP contribution in [0.4, 0.5) is 0 Å². The van der Waals surface area contributed by atoms with Crippen molar-refractivity contribution in [2.75, 3.05) is 26.1 Å². The molecule has 0 heterocycles. The predicted molar refractivity (Wildman–Crippen MR) is 64.9 cm³/mol. The van der Waals surface area contributed by atoms with E-state index >= 15 is 0 Å². The SMILES string of the molecule is COc1cccc(CCNCCCCl)c1. The molecule has 0 aliphatic rings. The molecule has 15 heavy (non-hydrogen) atoms. The first-order chi connectivity index (χ1) is 7.36. The smallest absolute Gasteiger partial charge is 0.119 e. The molecule has 1 aromatic rings. The summed E-state index contributed by atoms with van der Waals surface area (Å²) in [4.78, 5) is 0. The van der Waals surface area contributed by atoms with E-state index in [0.717, 1.165) is 37.6 Å². The Bertz CT molecular complexity index is 278. The molecular formula is C12H18ClNO. The number of halogens is 1. The first-order valence-electron chi connectivity index (χ1n) is 5.26. The zero-order valence-electron chi connectivity index (χ0n) is 9.13. The monoisotopic (exact) mass is 227 g/mol. The summed E-state index contributed by atoms with van der Waals surface area (Å²) in [5.74, 6) is 1.65. The highest BCUT2D eigenvalue weighted by Crippen LogP contribution is 2.12. The van der Waals surface area contributed by atoms with E-state index in [4.69, 9.17) is 16.3 Å². The zero-order valence-corrected chi connectivity index (χ0v) is 9.89. The normalized spacial score (nSPS) is 10.3. The molecule has 0 fully saturated rings. The van der Waals surface area contributed by atoms with E-state index in [1.165, 1.54) is 5.56 Å². The third-order valence-electron chi connectivity index (χ3n) is 2.21. The number of benzene rings is 1. The first-order valence-corrected chi connectivity index (χ1v) is 5.80. The summed E-state index contributed by atoms with van der Waals surface area (Å²) < 4.78 is 5.16. The summed E-state index contributed by atoms with van der Waals surface area (Å²) in [5, 5.41) is 3.35. The molecule has 0 unspecified atom stereocenters.